The van der Waals surface area contributed by atoms with Crippen molar-refractivity contribution >= 4 is 23.5 Å². The second kappa shape index (κ2) is 4.88. The molecule has 0 atom stereocenters. The lowest BCUT2D eigenvalue weighted by Crippen LogP contribution is -2.02. The lowest BCUT2D eigenvalue weighted by atomic mass is 10.2. The van der Waals surface area contributed by atoms with Gasteiger partial charge in [-0.1, -0.05) is 0 Å². The van der Waals surface area contributed by atoms with E-state index in [1.807, 2.05) is 0 Å². The highest BCUT2D eigenvalue weighted by atomic mass is 16.6. The van der Waals surface area contributed by atoms with Gasteiger partial charge in [0.25, 0.3) is 5.75 Å². The molecule has 1 aromatic rings. The van der Waals surface area contributed by atoms with Gasteiger partial charge in [0.15, 0.2) is 0 Å². The van der Waals surface area contributed by atoms with Gasteiger partial charge < -0.3 is 10.1 Å². The largest absolute Gasteiger partial charge is 0.485 e. The Balaban J connectivity index is 3.50. The summed E-state index contributed by atoms with van der Waals surface area (Å²) in [5.74, 6) is -0.462. The second-order valence-corrected chi connectivity index (χ2v) is 2.82. The van der Waals surface area contributed by atoms with E-state index in [0.717, 1.165) is 19.2 Å². The van der Waals surface area contributed by atoms with E-state index < -0.39 is 27.0 Å². The summed E-state index contributed by atoms with van der Waals surface area (Å²) in [7, 11) is 1.09. The standard InChI is InChI=1S/C8H7N3O6/c1-17-8-6(10(13)14)2-5(9-4-12)3-7(8)11(15)16/h2-4H,1H3,(H,9,12). The average Bonchev–Trinajstić information content (AvgIpc) is 2.28. The minimum absolute atomic E-state index is 0.0563. The van der Waals surface area contributed by atoms with Gasteiger partial charge in [-0.3, -0.25) is 25.0 Å². The van der Waals surface area contributed by atoms with Crippen LogP contribution < -0.4 is 10.1 Å². The summed E-state index contributed by atoms with van der Waals surface area (Å²) in [5, 5.41) is 23.5. The Kier molecular flexibility index (Phi) is 3.55. The first kappa shape index (κ1) is 12.4. The predicted molar refractivity (Wildman–Crippen MR) is 56.0 cm³/mol. The molecule has 1 rings (SSSR count). The molecule has 17 heavy (non-hydrogen) atoms. The van der Waals surface area contributed by atoms with E-state index in [2.05, 4.69) is 10.1 Å². The molecule has 9 nitrogen and oxygen atoms in total. The van der Waals surface area contributed by atoms with Gasteiger partial charge in [0.2, 0.25) is 6.41 Å². The van der Waals surface area contributed by atoms with Crippen LogP contribution in [0.25, 0.3) is 0 Å². The highest BCUT2D eigenvalue weighted by Crippen LogP contribution is 2.39. The van der Waals surface area contributed by atoms with Crippen molar-refractivity contribution in [2.45, 2.75) is 0 Å². The molecule has 0 fully saturated rings. The fourth-order valence-corrected chi connectivity index (χ4v) is 1.23. The minimum atomic E-state index is -0.832. The third kappa shape index (κ3) is 2.45. The van der Waals surface area contributed by atoms with Crippen LogP contribution in [0, 0.1) is 20.2 Å². The summed E-state index contributed by atoms with van der Waals surface area (Å²) in [4.78, 5) is 29.9. The van der Waals surface area contributed by atoms with Crippen LogP contribution in [0.2, 0.25) is 0 Å². The van der Waals surface area contributed by atoms with Gasteiger partial charge in [-0.2, -0.15) is 0 Å². The second-order valence-electron chi connectivity index (χ2n) is 2.82. The van der Waals surface area contributed by atoms with Gasteiger partial charge in [0.1, 0.15) is 0 Å². The maximum atomic E-state index is 10.7. The topological polar surface area (TPSA) is 125 Å². The molecule has 0 saturated heterocycles. The van der Waals surface area contributed by atoms with Crippen molar-refractivity contribution in [1.29, 1.82) is 0 Å². The average molecular weight is 241 g/mol. The Bertz CT molecular complexity index is 451. The molecule has 0 bridgehead atoms. The third-order valence-electron chi connectivity index (χ3n) is 1.87. The van der Waals surface area contributed by atoms with Crippen molar-refractivity contribution < 1.29 is 19.4 Å². The summed E-state index contributed by atoms with van der Waals surface area (Å²) in [5.41, 5.74) is -1.24. The van der Waals surface area contributed by atoms with Crippen LogP contribution in [0.1, 0.15) is 0 Å². The first-order chi connectivity index (χ1) is 8.01. The quantitative estimate of drug-likeness (QED) is 0.467. The molecule has 0 heterocycles. The molecular weight excluding hydrogens is 234 g/mol. The minimum Gasteiger partial charge on any atom is -0.485 e. The number of carbonyl (C=O) groups is 1. The molecule has 0 aliphatic carbocycles. The fourth-order valence-electron chi connectivity index (χ4n) is 1.23. The number of rotatable bonds is 5. The normalized spacial score (nSPS) is 9.47. The van der Waals surface area contributed by atoms with E-state index >= 15 is 0 Å². The van der Waals surface area contributed by atoms with Crippen molar-refractivity contribution in [3.05, 3.63) is 32.4 Å². The van der Waals surface area contributed by atoms with Crippen molar-refractivity contribution in [2.75, 3.05) is 12.4 Å². The predicted octanol–water partition coefficient (Wildman–Crippen LogP) is 1.08. The van der Waals surface area contributed by atoms with Gasteiger partial charge in [-0.05, 0) is 0 Å². The molecule has 0 saturated carbocycles. The molecule has 1 N–H and O–H groups in total. The number of nitro benzene ring substituents is 2. The van der Waals surface area contributed by atoms with E-state index in [4.69, 9.17) is 0 Å². The number of carbonyl (C=O) groups excluding carboxylic acids is 1. The summed E-state index contributed by atoms with van der Waals surface area (Å²) in [6.07, 6.45) is 0.259. The summed E-state index contributed by atoms with van der Waals surface area (Å²) in [6, 6.07) is 1.94. The Labute approximate surface area is 94.3 Å². The molecule has 90 valence electrons. The van der Waals surface area contributed by atoms with Crippen molar-refractivity contribution in [3.63, 3.8) is 0 Å². The number of nitrogens with zero attached hydrogens (tertiary/aromatic N) is 2. The zero-order chi connectivity index (χ0) is 13.0. The Hall–Kier alpha value is -2.71. The highest BCUT2D eigenvalue weighted by molar-refractivity contribution is 5.77. The molecule has 0 spiro atoms. The van der Waals surface area contributed by atoms with Crippen molar-refractivity contribution in [3.8, 4) is 5.75 Å². The maximum absolute atomic E-state index is 10.7. The molecule has 0 radical (unpaired) electrons. The maximum Gasteiger partial charge on any atom is 0.320 e. The molecule has 1 amide bonds. The van der Waals surface area contributed by atoms with Crippen LogP contribution in [0.5, 0.6) is 5.75 Å². The van der Waals surface area contributed by atoms with Crippen molar-refractivity contribution in [1.82, 2.24) is 0 Å². The van der Waals surface area contributed by atoms with Crippen LogP contribution >= 0.6 is 0 Å². The van der Waals surface area contributed by atoms with Gasteiger partial charge in [0, 0.05) is 12.1 Å². The number of benzene rings is 1. The Morgan fingerprint density at radius 1 is 1.24 bits per heavy atom. The Morgan fingerprint density at radius 2 is 1.71 bits per heavy atom. The van der Waals surface area contributed by atoms with Gasteiger partial charge in [-0.25, -0.2) is 0 Å². The van der Waals surface area contributed by atoms with Crippen LogP contribution in [0.15, 0.2) is 12.1 Å². The van der Waals surface area contributed by atoms with E-state index in [1.165, 1.54) is 0 Å². The first-order valence-corrected chi connectivity index (χ1v) is 4.22. The van der Waals surface area contributed by atoms with Crippen LogP contribution in [0.4, 0.5) is 17.1 Å². The molecule has 0 aromatic heterocycles. The van der Waals surface area contributed by atoms with Gasteiger partial charge in [-0.15, -0.1) is 0 Å². The first-order valence-electron chi connectivity index (χ1n) is 4.22. The highest BCUT2D eigenvalue weighted by Gasteiger charge is 2.27. The van der Waals surface area contributed by atoms with Gasteiger partial charge >= 0.3 is 11.4 Å². The molecule has 0 aliphatic heterocycles. The lowest BCUT2D eigenvalue weighted by Gasteiger charge is -2.05. The molecule has 0 unspecified atom stereocenters. The number of methoxy groups -OCH3 is 1. The van der Waals surface area contributed by atoms with E-state index in [-0.39, 0.29) is 12.1 Å². The fraction of sp³-hybridized carbons (Fsp3) is 0.125. The smallest absolute Gasteiger partial charge is 0.320 e. The van der Waals surface area contributed by atoms with E-state index in [1.54, 1.807) is 0 Å². The van der Waals surface area contributed by atoms with E-state index in [0.29, 0.717) is 0 Å². The van der Waals surface area contributed by atoms with Crippen LogP contribution in [0.3, 0.4) is 0 Å². The number of nitrogens with one attached hydrogen (secondary N) is 1. The van der Waals surface area contributed by atoms with Crippen LogP contribution in [-0.2, 0) is 4.79 Å². The van der Waals surface area contributed by atoms with Crippen molar-refractivity contribution in [2.24, 2.45) is 0 Å². The number of ether oxygens (including phenoxy) is 1. The number of anilines is 1. The number of hydrogen-bond donors (Lipinski definition) is 1. The number of hydrogen-bond acceptors (Lipinski definition) is 6. The summed E-state index contributed by atoms with van der Waals surface area (Å²) >= 11 is 0. The lowest BCUT2D eigenvalue weighted by molar-refractivity contribution is -0.395. The molecule has 9 heteroatoms. The molecular formula is C8H7N3O6. The molecule has 1 aromatic carbocycles. The summed E-state index contributed by atoms with van der Waals surface area (Å²) in [6.45, 7) is 0. The zero-order valence-electron chi connectivity index (χ0n) is 8.58. The molecule has 0 aliphatic rings. The van der Waals surface area contributed by atoms with E-state index in [9.17, 15) is 25.0 Å². The summed E-state index contributed by atoms with van der Waals surface area (Å²) < 4.78 is 4.63. The van der Waals surface area contributed by atoms with Crippen LogP contribution in [-0.4, -0.2) is 23.4 Å². The van der Waals surface area contributed by atoms with Gasteiger partial charge in [0.05, 0.1) is 22.6 Å². The monoisotopic (exact) mass is 241 g/mol. The SMILES string of the molecule is COc1c([N+](=O)[O-])cc(NC=O)cc1[N+](=O)[O-]. The zero-order valence-corrected chi connectivity index (χ0v) is 8.58. The number of amides is 1. The number of nitro groups is 2. The Morgan fingerprint density at radius 3 is 2.00 bits per heavy atom. The third-order valence-corrected chi connectivity index (χ3v) is 1.87.